The van der Waals surface area contributed by atoms with Crippen molar-refractivity contribution >= 4 is 33.2 Å². The predicted octanol–water partition coefficient (Wildman–Crippen LogP) is 2.61. The number of nitrogens with zero attached hydrogens (tertiary/aromatic N) is 3. The number of hydrogen-bond acceptors (Lipinski definition) is 6. The third-order valence-corrected chi connectivity index (χ3v) is 3.54. The third-order valence-electron chi connectivity index (χ3n) is 2.63. The van der Waals surface area contributed by atoms with Gasteiger partial charge in [-0.15, -0.1) is 11.3 Å². The Hall–Kier alpha value is -2.21. The first-order chi connectivity index (χ1) is 9.43. The van der Waals surface area contributed by atoms with Crippen LogP contribution in [0.2, 0.25) is 0 Å². The Kier molecular flexibility index (Phi) is 3.51. The highest BCUT2D eigenvalue weighted by Crippen LogP contribution is 2.24. The summed E-state index contributed by atoms with van der Waals surface area (Å²) in [5, 5.41) is 8.58. The Morgan fingerprint density at radius 1 is 1.00 bits per heavy atom. The SMILES string of the molecule is c1ccc(NCCNc2ncnc3ccsc23)nc1. The number of pyridine rings is 1. The van der Waals surface area contributed by atoms with Gasteiger partial charge in [-0.05, 0) is 23.6 Å². The molecular formula is C13H13N5S. The molecule has 3 aromatic rings. The summed E-state index contributed by atoms with van der Waals surface area (Å²) in [7, 11) is 0. The molecule has 0 saturated heterocycles. The van der Waals surface area contributed by atoms with Crippen LogP contribution in [0.25, 0.3) is 10.2 Å². The van der Waals surface area contributed by atoms with Crippen LogP contribution in [0.15, 0.2) is 42.2 Å². The standard InChI is InChI=1S/C13H13N5S/c1-2-5-14-11(3-1)15-6-7-16-13-12-10(4-8-19-12)17-9-18-13/h1-5,8-9H,6-7H2,(H,14,15)(H,16,17,18). The van der Waals surface area contributed by atoms with E-state index in [4.69, 9.17) is 0 Å². The number of fused-ring (bicyclic) bond motifs is 1. The van der Waals surface area contributed by atoms with Crippen LogP contribution in [-0.4, -0.2) is 28.0 Å². The number of rotatable bonds is 5. The van der Waals surface area contributed by atoms with Gasteiger partial charge in [0.05, 0.1) is 10.2 Å². The highest BCUT2D eigenvalue weighted by Gasteiger charge is 2.03. The van der Waals surface area contributed by atoms with Crippen LogP contribution in [0, 0.1) is 0 Å². The second-order valence-electron chi connectivity index (χ2n) is 3.93. The van der Waals surface area contributed by atoms with Gasteiger partial charge in [-0.2, -0.15) is 0 Å². The van der Waals surface area contributed by atoms with E-state index in [9.17, 15) is 0 Å². The monoisotopic (exact) mass is 271 g/mol. The molecule has 0 spiro atoms. The minimum Gasteiger partial charge on any atom is -0.368 e. The minimum atomic E-state index is 0.778. The smallest absolute Gasteiger partial charge is 0.147 e. The lowest BCUT2D eigenvalue weighted by molar-refractivity contribution is 1.04. The molecule has 5 nitrogen and oxygen atoms in total. The Morgan fingerprint density at radius 3 is 2.84 bits per heavy atom. The molecule has 0 aromatic carbocycles. The van der Waals surface area contributed by atoms with Crippen molar-refractivity contribution in [2.45, 2.75) is 0 Å². The Morgan fingerprint density at radius 2 is 1.95 bits per heavy atom. The number of aromatic nitrogens is 3. The third kappa shape index (κ3) is 2.79. The molecule has 3 rings (SSSR count). The van der Waals surface area contributed by atoms with E-state index in [0.29, 0.717) is 0 Å². The Bertz CT molecular complexity index is 652. The lowest BCUT2D eigenvalue weighted by Gasteiger charge is -2.07. The molecule has 0 fully saturated rings. The molecule has 0 aliphatic rings. The molecule has 0 bridgehead atoms. The van der Waals surface area contributed by atoms with Crippen molar-refractivity contribution < 1.29 is 0 Å². The molecule has 3 aromatic heterocycles. The summed E-state index contributed by atoms with van der Waals surface area (Å²) >= 11 is 1.65. The number of hydrogen-bond donors (Lipinski definition) is 2. The minimum absolute atomic E-state index is 0.778. The molecule has 6 heteroatoms. The van der Waals surface area contributed by atoms with Crippen LogP contribution in [0.3, 0.4) is 0 Å². The van der Waals surface area contributed by atoms with E-state index >= 15 is 0 Å². The van der Waals surface area contributed by atoms with E-state index in [2.05, 4.69) is 25.6 Å². The lowest BCUT2D eigenvalue weighted by Crippen LogP contribution is -2.14. The molecule has 0 amide bonds. The van der Waals surface area contributed by atoms with Crippen LogP contribution >= 0.6 is 11.3 Å². The summed E-state index contributed by atoms with van der Waals surface area (Å²) in [6.07, 6.45) is 3.36. The highest BCUT2D eigenvalue weighted by atomic mass is 32.1. The summed E-state index contributed by atoms with van der Waals surface area (Å²) < 4.78 is 1.10. The van der Waals surface area contributed by atoms with Gasteiger partial charge in [-0.3, -0.25) is 0 Å². The molecule has 19 heavy (non-hydrogen) atoms. The van der Waals surface area contributed by atoms with Gasteiger partial charge in [0, 0.05) is 19.3 Å². The largest absolute Gasteiger partial charge is 0.368 e. The van der Waals surface area contributed by atoms with Crippen molar-refractivity contribution in [3.63, 3.8) is 0 Å². The fourth-order valence-electron chi connectivity index (χ4n) is 1.75. The molecule has 0 saturated carbocycles. The molecule has 0 aliphatic heterocycles. The van der Waals surface area contributed by atoms with Gasteiger partial charge in [-0.25, -0.2) is 15.0 Å². The quantitative estimate of drug-likeness (QED) is 0.698. The Labute approximate surface area is 114 Å². The summed E-state index contributed by atoms with van der Waals surface area (Å²) in [4.78, 5) is 12.7. The topological polar surface area (TPSA) is 62.7 Å². The van der Waals surface area contributed by atoms with Gasteiger partial charge in [0.15, 0.2) is 0 Å². The van der Waals surface area contributed by atoms with E-state index in [1.165, 1.54) is 0 Å². The first-order valence-corrected chi connectivity index (χ1v) is 6.88. The first kappa shape index (κ1) is 11.9. The van der Waals surface area contributed by atoms with Gasteiger partial charge in [0.2, 0.25) is 0 Å². The molecule has 96 valence electrons. The van der Waals surface area contributed by atoms with Crippen molar-refractivity contribution in [2.24, 2.45) is 0 Å². The van der Waals surface area contributed by atoms with E-state index in [-0.39, 0.29) is 0 Å². The van der Waals surface area contributed by atoms with Gasteiger partial charge >= 0.3 is 0 Å². The van der Waals surface area contributed by atoms with Gasteiger partial charge in [0.25, 0.3) is 0 Å². The zero-order valence-corrected chi connectivity index (χ0v) is 11.0. The highest BCUT2D eigenvalue weighted by molar-refractivity contribution is 7.17. The lowest BCUT2D eigenvalue weighted by atomic mass is 10.4. The van der Waals surface area contributed by atoms with Crippen LogP contribution in [0.5, 0.6) is 0 Å². The molecule has 3 heterocycles. The molecule has 0 radical (unpaired) electrons. The zero-order valence-electron chi connectivity index (χ0n) is 10.2. The van der Waals surface area contributed by atoms with Crippen LogP contribution in [0.1, 0.15) is 0 Å². The van der Waals surface area contributed by atoms with E-state index in [1.807, 2.05) is 29.6 Å². The van der Waals surface area contributed by atoms with Crippen LogP contribution in [0.4, 0.5) is 11.6 Å². The second-order valence-corrected chi connectivity index (χ2v) is 4.84. The summed E-state index contributed by atoms with van der Waals surface area (Å²) in [5.74, 6) is 1.77. The maximum absolute atomic E-state index is 4.27. The van der Waals surface area contributed by atoms with E-state index < -0.39 is 0 Å². The van der Waals surface area contributed by atoms with Crippen molar-refractivity contribution in [1.29, 1.82) is 0 Å². The summed E-state index contributed by atoms with van der Waals surface area (Å²) in [6, 6.07) is 7.81. The van der Waals surface area contributed by atoms with E-state index in [0.717, 1.165) is 34.9 Å². The molecular weight excluding hydrogens is 258 g/mol. The normalized spacial score (nSPS) is 10.5. The number of anilines is 2. The van der Waals surface area contributed by atoms with Gasteiger partial charge < -0.3 is 10.6 Å². The van der Waals surface area contributed by atoms with Gasteiger partial charge in [0.1, 0.15) is 18.0 Å². The van der Waals surface area contributed by atoms with Crippen LogP contribution < -0.4 is 10.6 Å². The predicted molar refractivity (Wildman–Crippen MR) is 78.6 cm³/mol. The fourth-order valence-corrected chi connectivity index (χ4v) is 2.56. The second kappa shape index (κ2) is 5.62. The summed E-state index contributed by atoms with van der Waals surface area (Å²) in [6.45, 7) is 1.56. The maximum atomic E-state index is 4.27. The molecule has 2 N–H and O–H groups in total. The average Bonchev–Trinajstić information content (AvgIpc) is 2.94. The van der Waals surface area contributed by atoms with Crippen molar-refractivity contribution in [2.75, 3.05) is 23.7 Å². The van der Waals surface area contributed by atoms with Crippen molar-refractivity contribution in [3.05, 3.63) is 42.2 Å². The van der Waals surface area contributed by atoms with Crippen molar-refractivity contribution in [1.82, 2.24) is 15.0 Å². The average molecular weight is 271 g/mol. The van der Waals surface area contributed by atoms with E-state index in [1.54, 1.807) is 23.9 Å². The number of nitrogens with one attached hydrogen (secondary N) is 2. The van der Waals surface area contributed by atoms with Gasteiger partial charge in [-0.1, -0.05) is 6.07 Å². The number of thiophene rings is 1. The fraction of sp³-hybridized carbons (Fsp3) is 0.154. The Balaban J connectivity index is 1.57. The summed E-state index contributed by atoms with van der Waals surface area (Å²) in [5.41, 5.74) is 0.986. The first-order valence-electron chi connectivity index (χ1n) is 6.00. The molecule has 0 atom stereocenters. The molecule has 0 aliphatic carbocycles. The maximum Gasteiger partial charge on any atom is 0.147 e. The van der Waals surface area contributed by atoms with Crippen LogP contribution in [-0.2, 0) is 0 Å². The zero-order chi connectivity index (χ0) is 12.9. The molecule has 0 unspecified atom stereocenters. The van der Waals surface area contributed by atoms with Crippen molar-refractivity contribution in [3.8, 4) is 0 Å².